The normalized spacial score (nSPS) is 13.8. The van der Waals surface area contributed by atoms with Crippen LogP contribution in [0.5, 0.6) is 11.5 Å². The lowest BCUT2D eigenvalue weighted by molar-refractivity contribution is -0.0307. The standard InChI is InChI=1S/C23H30O6/c1-4-19(16-26-20-11-7-5-8-12-20)29-23(24)28-18(2)15-22(25-3)17-27-21-13-9-6-10-14-21/h5-14,18-19,22H,4,15-17H2,1-3H3. The molecule has 2 rings (SSSR count). The van der Waals surface area contributed by atoms with Gasteiger partial charge in [-0.1, -0.05) is 43.3 Å². The monoisotopic (exact) mass is 402 g/mol. The third kappa shape index (κ3) is 8.87. The number of rotatable bonds is 12. The van der Waals surface area contributed by atoms with Crippen LogP contribution in [0, 0.1) is 0 Å². The second kappa shape index (κ2) is 12.7. The van der Waals surface area contributed by atoms with Crippen molar-refractivity contribution < 1.29 is 28.5 Å². The molecule has 6 nitrogen and oxygen atoms in total. The highest BCUT2D eigenvalue weighted by Crippen LogP contribution is 2.14. The molecule has 6 heteroatoms. The van der Waals surface area contributed by atoms with E-state index in [1.54, 1.807) is 14.0 Å². The molecule has 3 unspecified atom stereocenters. The molecule has 3 atom stereocenters. The average Bonchev–Trinajstić information content (AvgIpc) is 2.75. The van der Waals surface area contributed by atoms with Gasteiger partial charge in [-0.15, -0.1) is 0 Å². The summed E-state index contributed by atoms with van der Waals surface area (Å²) in [6.45, 7) is 4.37. The van der Waals surface area contributed by atoms with Gasteiger partial charge in [0, 0.05) is 13.5 Å². The SMILES string of the molecule is CCC(COc1ccccc1)OC(=O)OC(C)CC(COc1ccccc1)OC. The molecule has 0 fully saturated rings. The lowest BCUT2D eigenvalue weighted by Gasteiger charge is -2.22. The zero-order valence-electron chi connectivity index (χ0n) is 17.3. The summed E-state index contributed by atoms with van der Waals surface area (Å²) < 4.78 is 27.5. The second-order valence-electron chi connectivity index (χ2n) is 6.67. The fourth-order valence-corrected chi connectivity index (χ4v) is 2.63. The van der Waals surface area contributed by atoms with Gasteiger partial charge >= 0.3 is 6.16 Å². The first kappa shape index (κ1) is 22.6. The minimum absolute atomic E-state index is 0.207. The van der Waals surface area contributed by atoms with Gasteiger partial charge in [-0.25, -0.2) is 4.79 Å². The first-order valence-corrected chi connectivity index (χ1v) is 9.86. The molecule has 0 aliphatic heterocycles. The predicted octanol–water partition coefficient (Wildman–Crippen LogP) is 4.87. The van der Waals surface area contributed by atoms with E-state index in [0.717, 1.165) is 11.5 Å². The maximum atomic E-state index is 12.1. The fourth-order valence-electron chi connectivity index (χ4n) is 2.63. The van der Waals surface area contributed by atoms with Crippen LogP contribution in [0.1, 0.15) is 26.7 Å². The Morgan fingerprint density at radius 1 is 0.828 bits per heavy atom. The number of benzene rings is 2. The Labute approximate surface area is 172 Å². The van der Waals surface area contributed by atoms with Crippen LogP contribution in [0.25, 0.3) is 0 Å². The molecule has 2 aromatic carbocycles. The first-order valence-electron chi connectivity index (χ1n) is 9.86. The summed E-state index contributed by atoms with van der Waals surface area (Å²) in [6, 6.07) is 18.9. The topological polar surface area (TPSA) is 63.2 Å². The Morgan fingerprint density at radius 3 is 1.83 bits per heavy atom. The number of hydrogen-bond acceptors (Lipinski definition) is 6. The molecule has 0 aliphatic rings. The van der Waals surface area contributed by atoms with Gasteiger partial charge in [-0.05, 0) is 37.6 Å². The smallest absolute Gasteiger partial charge is 0.491 e. The summed E-state index contributed by atoms with van der Waals surface area (Å²) in [6.07, 6.45) is -0.548. The van der Waals surface area contributed by atoms with Crippen molar-refractivity contribution >= 4 is 6.16 Å². The van der Waals surface area contributed by atoms with E-state index in [9.17, 15) is 4.79 Å². The predicted molar refractivity (Wildman–Crippen MR) is 110 cm³/mol. The summed E-state index contributed by atoms with van der Waals surface area (Å²) in [5.41, 5.74) is 0. The second-order valence-corrected chi connectivity index (χ2v) is 6.67. The van der Waals surface area contributed by atoms with E-state index in [2.05, 4.69) is 0 Å². The minimum Gasteiger partial charge on any atom is -0.491 e. The summed E-state index contributed by atoms with van der Waals surface area (Å²) >= 11 is 0. The molecule has 0 radical (unpaired) electrons. The van der Waals surface area contributed by atoms with E-state index in [1.807, 2.05) is 67.6 Å². The highest BCUT2D eigenvalue weighted by Gasteiger charge is 2.20. The van der Waals surface area contributed by atoms with Crippen LogP contribution in [-0.2, 0) is 14.2 Å². The van der Waals surface area contributed by atoms with Gasteiger partial charge in [0.25, 0.3) is 0 Å². The third-order valence-electron chi connectivity index (χ3n) is 4.30. The van der Waals surface area contributed by atoms with Crippen molar-refractivity contribution in [1.29, 1.82) is 0 Å². The van der Waals surface area contributed by atoms with Crippen molar-refractivity contribution in [3.63, 3.8) is 0 Å². The van der Waals surface area contributed by atoms with Crippen molar-refractivity contribution in [2.45, 2.75) is 45.0 Å². The molecule has 2 aromatic rings. The Bertz CT molecular complexity index is 691. The van der Waals surface area contributed by atoms with E-state index in [-0.39, 0.29) is 24.9 Å². The fraction of sp³-hybridized carbons (Fsp3) is 0.435. The Hall–Kier alpha value is -2.73. The number of carbonyl (C=O) groups is 1. The van der Waals surface area contributed by atoms with Crippen molar-refractivity contribution in [3.8, 4) is 11.5 Å². The average molecular weight is 402 g/mol. The van der Waals surface area contributed by atoms with Gasteiger partial charge in [-0.3, -0.25) is 0 Å². The first-order chi connectivity index (χ1) is 14.1. The van der Waals surface area contributed by atoms with Gasteiger partial charge < -0.3 is 23.7 Å². The van der Waals surface area contributed by atoms with E-state index < -0.39 is 6.16 Å². The Morgan fingerprint density at radius 2 is 1.34 bits per heavy atom. The molecular weight excluding hydrogens is 372 g/mol. The zero-order valence-corrected chi connectivity index (χ0v) is 17.3. The number of ether oxygens (including phenoxy) is 5. The number of methoxy groups -OCH3 is 1. The zero-order chi connectivity index (χ0) is 20.9. The molecular formula is C23H30O6. The number of hydrogen-bond donors (Lipinski definition) is 0. The van der Waals surface area contributed by atoms with Crippen LogP contribution >= 0.6 is 0 Å². The Balaban J connectivity index is 1.71. The number of carbonyl (C=O) groups excluding carboxylic acids is 1. The molecule has 0 aliphatic carbocycles. The van der Waals surface area contributed by atoms with E-state index >= 15 is 0 Å². The highest BCUT2D eigenvalue weighted by atomic mass is 16.7. The van der Waals surface area contributed by atoms with Gasteiger partial charge in [0.05, 0.1) is 6.10 Å². The van der Waals surface area contributed by atoms with Crippen LogP contribution < -0.4 is 9.47 Å². The van der Waals surface area contributed by atoms with Crippen LogP contribution in [0.2, 0.25) is 0 Å². The lowest BCUT2D eigenvalue weighted by Crippen LogP contribution is -2.30. The van der Waals surface area contributed by atoms with Crippen LogP contribution in [-0.4, -0.2) is 44.8 Å². The van der Waals surface area contributed by atoms with Gasteiger partial charge in [0.1, 0.15) is 36.9 Å². The van der Waals surface area contributed by atoms with Crippen LogP contribution in [0.3, 0.4) is 0 Å². The van der Waals surface area contributed by atoms with Crippen LogP contribution in [0.4, 0.5) is 4.79 Å². The molecule has 0 amide bonds. The lowest BCUT2D eigenvalue weighted by atomic mass is 10.2. The van der Waals surface area contributed by atoms with Gasteiger partial charge in [0.2, 0.25) is 0 Å². The van der Waals surface area contributed by atoms with Crippen LogP contribution in [0.15, 0.2) is 60.7 Å². The van der Waals surface area contributed by atoms with E-state index in [0.29, 0.717) is 19.4 Å². The summed E-state index contributed by atoms with van der Waals surface area (Å²) in [5.74, 6) is 1.50. The highest BCUT2D eigenvalue weighted by molar-refractivity contribution is 5.60. The van der Waals surface area contributed by atoms with Gasteiger partial charge in [0.15, 0.2) is 0 Å². The third-order valence-corrected chi connectivity index (χ3v) is 4.30. The maximum Gasteiger partial charge on any atom is 0.508 e. The van der Waals surface area contributed by atoms with Gasteiger partial charge in [-0.2, -0.15) is 0 Å². The summed E-state index contributed by atoms with van der Waals surface area (Å²) in [5, 5.41) is 0. The van der Waals surface area contributed by atoms with Crippen molar-refractivity contribution in [2.75, 3.05) is 20.3 Å². The summed E-state index contributed by atoms with van der Waals surface area (Å²) in [7, 11) is 1.61. The van der Waals surface area contributed by atoms with E-state index in [4.69, 9.17) is 23.7 Å². The molecule has 0 saturated carbocycles. The molecule has 0 saturated heterocycles. The van der Waals surface area contributed by atoms with E-state index in [1.165, 1.54) is 0 Å². The molecule has 0 bridgehead atoms. The molecule has 158 valence electrons. The molecule has 0 N–H and O–H groups in total. The Kier molecular flexibility index (Phi) is 9.86. The molecule has 0 heterocycles. The van der Waals surface area contributed by atoms with Crippen molar-refractivity contribution in [3.05, 3.63) is 60.7 Å². The van der Waals surface area contributed by atoms with Crippen molar-refractivity contribution in [1.82, 2.24) is 0 Å². The molecule has 0 aromatic heterocycles. The minimum atomic E-state index is -0.708. The quantitative estimate of drug-likeness (QED) is 0.472. The largest absolute Gasteiger partial charge is 0.508 e. The summed E-state index contributed by atoms with van der Waals surface area (Å²) in [4.78, 5) is 12.1. The van der Waals surface area contributed by atoms with Crippen molar-refractivity contribution in [2.24, 2.45) is 0 Å². The molecule has 29 heavy (non-hydrogen) atoms. The maximum absolute atomic E-state index is 12.1. The number of para-hydroxylation sites is 2. The molecule has 0 spiro atoms.